The fraction of sp³-hybridized carbons (Fsp3) is 0.286. The summed E-state index contributed by atoms with van der Waals surface area (Å²) < 4.78 is 22.0. The molecule has 1 aromatic heterocycles. The minimum Gasteiger partial charge on any atom is -0.496 e. The summed E-state index contributed by atoms with van der Waals surface area (Å²) in [5.74, 6) is 1.97. The van der Waals surface area contributed by atoms with Crippen molar-refractivity contribution in [3.63, 3.8) is 0 Å². The Bertz CT molecular complexity index is 1420. The number of benzene rings is 3. The van der Waals surface area contributed by atoms with E-state index in [0.717, 1.165) is 50.1 Å². The maximum Gasteiger partial charge on any atom is 0.407 e. The number of nitrogens with one attached hydrogen (secondary N) is 2. The van der Waals surface area contributed by atoms with Crippen molar-refractivity contribution in [1.82, 2.24) is 10.3 Å². The summed E-state index contributed by atoms with van der Waals surface area (Å²) in [5.41, 5.74) is 5.10. The lowest BCUT2D eigenvalue weighted by Crippen LogP contribution is -2.30. The molecule has 2 N–H and O–H groups in total. The van der Waals surface area contributed by atoms with Gasteiger partial charge < -0.3 is 29.6 Å². The highest BCUT2D eigenvalue weighted by atomic mass is 16.5. The van der Waals surface area contributed by atoms with Gasteiger partial charge in [0.05, 0.1) is 38.1 Å². The van der Waals surface area contributed by atoms with Crippen LogP contribution in [0.2, 0.25) is 0 Å². The molecule has 36 heavy (non-hydrogen) atoms. The van der Waals surface area contributed by atoms with Crippen LogP contribution in [0.5, 0.6) is 17.2 Å². The molecule has 0 saturated heterocycles. The standard InChI is InChI=1S/C28H31N3O5/c1-16(2)29-28(32)36-15-18-8-7-9-19(11-18)30-27-20-10-17(3)24(33-4)13-22(20)31-23-14-26(35-6)25(34-5)12-21(23)27/h7-14,16H,15H2,1-6H3,(H,29,32)(H,30,31). The zero-order valence-electron chi connectivity index (χ0n) is 21.4. The van der Waals surface area contributed by atoms with Gasteiger partial charge in [-0.3, -0.25) is 0 Å². The lowest BCUT2D eigenvalue weighted by Gasteiger charge is -2.17. The van der Waals surface area contributed by atoms with Crippen LogP contribution in [0.3, 0.4) is 0 Å². The quantitative estimate of drug-likeness (QED) is 0.289. The highest BCUT2D eigenvalue weighted by Crippen LogP contribution is 2.40. The van der Waals surface area contributed by atoms with Gasteiger partial charge in [-0.2, -0.15) is 0 Å². The first-order valence-corrected chi connectivity index (χ1v) is 11.7. The summed E-state index contributed by atoms with van der Waals surface area (Å²) in [6, 6.07) is 15.5. The molecular formula is C28H31N3O5. The fourth-order valence-corrected chi connectivity index (χ4v) is 4.07. The fourth-order valence-electron chi connectivity index (χ4n) is 4.07. The molecule has 3 aromatic carbocycles. The number of carbonyl (C=O) groups excluding carboxylic acids is 1. The summed E-state index contributed by atoms with van der Waals surface area (Å²) >= 11 is 0. The van der Waals surface area contributed by atoms with E-state index in [-0.39, 0.29) is 12.6 Å². The normalized spacial score (nSPS) is 11.0. The lowest BCUT2D eigenvalue weighted by atomic mass is 10.0. The number of pyridine rings is 1. The molecule has 0 aliphatic carbocycles. The molecule has 0 saturated carbocycles. The minimum atomic E-state index is -0.444. The van der Waals surface area contributed by atoms with E-state index in [0.29, 0.717) is 11.5 Å². The molecule has 8 heteroatoms. The molecule has 0 aliphatic heterocycles. The molecule has 0 aliphatic rings. The number of anilines is 2. The number of amides is 1. The molecule has 0 unspecified atom stereocenters. The molecule has 1 heterocycles. The van der Waals surface area contributed by atoms with E-state index in [1.165, 1.54) is 0 Å². The van der Waals surface area contributed by atoms with Gasteiger partial charge in [0, 0.05) is 34.6 Å². The molecule has 8 nitrogen and oxygen atoms in total. The lowest BCUT2D eigenvalue weighted by molar-refractivity contribution is 0.137. The molecule has 1 amide bonds. The summed E-state index contributed by atoms with van der Waals surface area (Å²) in [4.78, 5) is 16.8. The van der Waals surface area contributed by atoms with Crippen LogP contribution in [0, 0.1) is 6.92 Å². The van der Waals surface area contributed by atoms with Gasteiger partial charge in [0.1, 0.15) is 12.4 Å². The number of aryl methyl sites for hydroxylation is 1. The number of hydrogen-bond acceptors (Lipinski definition) is 7. The first-order chi connectivity index (χ1) is 17.3. The van der Waals surface area contributed by atoms with Gasteiger partial charge in [-0.25, -0.2) is 9.78 Å². The smallest absolute Gasteiger partial charge is 0.407 e. The maximum atomic E-state index is 11.9. The average Bonchev–Trinajstić information content (AvgIpc) is 2.86. The first-order valence-electron chi connectivity index (χ1n) is 11.7. The SMILES string of the molecule is COc1cc2nc3cc(OC)c(OC)cc3c(Nc3cccc(COC(=O)NC(C)C)c3)c2cc1C. The number of fused-ring (bicyclic) bond motifs is 2. The van der Waals surface area contributed by atoms with Crippen molar-refractivity contribution in [2.75, 3.05) is 26.6 Å². The Balaban J connectivity index is 1.80. The zero-order chi connectivity index (χ0) is 25.8. The molecule has 0 fully saturated rings. The Morgan fingerprint density at radius 2 is 1.53 bits per heavy atom. The number of hydrogen-bond donors (Lipinski definition) is 2. The molecule has 0 spiro atoms. The Morgan fingerprint density at radius 1 is 0.889 bits per heavy atom. The third kappa shape index (κ3) is 5.22. The minimum absolute atomic E-state index is 0.0106. The molecule has 4 aromatic rings. The number of alkyl carbamates (subject to hydrolysis) is 1. The van der Waals surface area contributed by atoms with Crippen molar-refractivity contribution in [2.24, 2.45) is 0 Å². The third-order valence-corrected chi connectivity index (χ3v) is 5.77. The summed E-state index contributed by atoms with van der Waals surface area (Å²) in [6.45, 7) is 5.93. The second-order valence-corrected chi connectivity index (χ2v) is 8.75. The first kappa shape index (κ1) is 24.9. The molecule has 0 bridgehead atoms. The Labute approximate surface area is 210 Å². The van der Waals surface area contributed by atoms with Gasteiger partial charge in [0.2, 0.25) is 0 Å². The number of aromatic nitrogens is 1. The van der Waals surface area contributed by atoms with Crippen LogP contribution >= 0.6 is 0 Å². The third-order valence-electron chi connectivity index (χ3n) is 5.77. The Morgan fingerprint density at radius 3 is 2.19 bits per heavy atom. The Kier molecular flexibility index (Phi) is 7.33. The van der Waals surface area contributed by atoms with Crippen LogP contribution < -0.4 is 24.8 Å². The van der Waals surface area contributed by atoms with E-state index in [1.54, 1.807) is 21.3 Å². The van der Waals surface area contributed by atoms with E-state index in [2.05, 4.69) is 16.7 Å². The molecular weight excluding hydrogens is 458 g/mol. The van der Waals surface area contributed by atoms with Crippen LogP contribution in [0.4, 0.5) is 16.2 Å². The van der Waals surface area contributed by atoms with Crippen LogP contribution in [-0.4, -0.2) is 38.4 Å². The second-order valence-electron chi connectivity index (χ2n) is 8.75. The van der Waals surface area contributed by atoms with Crippen LogP contribution in [0.25, 0.3) is 21.8 Å². The number of ether oxygens (including phenoxy) is 4. The van der Waals surface area contributed by atoms with Gasteiger partial charge >= 0.3 is 6.09 Å². The highest BCUT2D eigenvalue weighted by Gasteiger charge is 2.16. The topological polar surface area (TPSA) is 90.9 Å². The average molecular weight is 490 g/mol. The van der Waals surface area contributed by atoms with Crippen molar-refractivity contribution >= 4 is 39.3 Å². The monoisotopic (exact) mass is 489 g/mol. The van der Waals surface area contributed by atoms with E-state index in [4.69, 9.17) is 23.9 Å². The van der Waals surface area contributed by atoms with Crippen molar-refractivity contribution in [3.05, 3.63) is 59.7 Å². The van der Waals surface area contributed by atoms with Gasteiger partial charge in [-0.05, 0) is 56.2 Å². The predicted octanol–water partition coefficient (Wildman–Crippen LogP) is 6.10. The highest BCUT2D eigenvalue weighted by molar-refractivity contribution is 6.10. The zero-order valence-corrected chi connectivity index (χ0v) is 21.4. The molecule has 188 valence electrons. The van der Waals surface area contributed by atoms with Crippen molar-refractivity contribution < 1.29 is 23.7 Å². The Hall–Kier alpha value is -4.20. The van der Waals surface area contributed by atoms with E-state index in [9.17, 15) is 4.79 Å². The second kappa shape index (κ2) is 10.6. The number of nitrogens with zero attached hydrogens (tertiary/aromatic N) is 1. The number of carbonyl (C=O) groups is 1. The van der Waals surface area contributed by atoms with Crippen LogP contribution in [0.15, 0.2) is 48.5 Å². The van der Waals surface area contributed by atoms with E-state index >= 15 is 0 Å². The van der Waals surface area contributed by atoms with Gasteiger partial charge in [0.25, 0.3) is 0 Å². The largest absolute Gasteiger partial charge is 0.496 e. The number of rotatable bonds is 8. The predicted molar refractivity (Wildman–Crippen MR) is 142 cm³/mol. The van der Waals surface area contributed by atoms with Gasteiger partial charge in [-0.1, -0.05) is 12.1 Å². The molecule has 4 rings (SSSR count). The van der Waals surface area contributed by atoms with E-state index < -0.39 is 6.09 Å². The summed E-state index contributed by atoms with van der Waals surface area (Å²) in [5, 5.41) is 8.11. The van der Waals surface area contributed by atoms with Crippen molar-refractivity contribution in [3.8, 4) is 17.2 Å². The number of methoxy groups -OCH3 is 3. The molecule has 0 radical (unpaired) electrons. The molecule has 0 atom stereocenters. The van der Waals surface area contributed by atoms with Crippen LogP contribution in [0.1, 0.15) is 25.0 Å². The van der Waals surface area contributed by atoms with Crippen LogP contribution in [-0.2, 0) is 11.3 Å². The summed E-state index contributed by atoms with van der Waals surface area (Å²) in [6.07, 6.45) is -0.444. The van der Waals surface area contributed by atoms with Gasteiger partial charge in [0.15, 0.2) is 11.5 Å². The van der Waals surface area contributed by atoms with Crippen molar-refractivity contribution in [2.45, 2.75) is 33.4 Å². The maximum absolute atomic E-state index is 11.9. The summed E-state index contributed by atoms with van der Waals surface area (Å²) in [7, 11) is 4.86. The van der Waals surface area contributed by atoms with E-state index in [1.807, 2.05) is 63.2 Å². The van der Waals surface area contributed by atoms with Crippen molar-refractivity contribution in [1.29, 1.82) is 0 Å². The van der Waals surface area contributed by atoms with Gasteiger partial charge in [-0.15, -0.1) is 0 Å².